The molecule has 0 aliphatic heterocycles. The van der Waals surface area contributed by atoms with E-state index in [4.69, 9.17) is 10.2 Å². The molecule has 0 spiro atoms. The second kappa shape index (κ2) is 10.7. The Kier molecular flexibility index (Phi) is 7.60. The van der Waals surface area contributed by atoms with Crippen LogP contribution in [0.15, 0.2) is 16.5 Å². The fraction of sp³-hybridized carbons (Fsp3) is 0.516. The smallest absolute Gasteiger partial charge is 0.235 e. The number of fused-ring (bicyclic) bond motifs is 3. The van der Waals surface area contributed by atoms with Crippen molar-refractivity contribution in [3.8, 4) is 5.75 Å². The van der Waals surface area contributed by atoms with Gasteiger partial charge in [-0.2, -0.15) is 0 Å². The van der Waals surface area contributed by atoms with Gasteiger partial charge in [0.15, 0.2) is 34.7 Å². The third-order valence-electron chi connectivity index (χ3n) is 9.43. The summed E-state index contributed by atoms with van der Waals surface area (Å²) in [7, 11) is 6.73. The Balaban J connectivity index is 1.55. The van der Waals surface area contributed by atoms with Crippen LogP contribution in [0.1, 0.15) is 45.0 Å². The third-order valence-corrected chi connectivity index (χ3v) is 9.43. The number of hydrogen-bond donors (Lipinski definition) is 4. The van der Waals surface area contributed by atoms with E-state index >= 15 is 0 Å². The maximum Gasteiger partial charge on any atom is 0.235 e. The van der Waals surface area contributed by atoms with Gasteiger partial charge in [0.05, 0.1) is 24.1 Å². The van der Waals surface area contributed by atoms with Crippen LogP contribution in [0.25, 0.3) is 0 Å². The lowest BCUT2D eigenvalue weighted by Crippen LogP contribution is -2.74. The number of nitrogens with zero attached hydrogens (tertiary/aromatic N) is 2. The van der Waals surface area contributed by atoms with Gasteiger partial charge in [-0.3, -0.25) is 28.9 Å². The number of furan rings is 1. The molecule has 2 aromatic rings. The molecule has 2 fully saturated rings. The zero-order chi connectivity index (χ0) is 31.7. The SMILES string of the molecule is Cc1cc(CNCc2cc(N(C)C)c3c(c2O)C(=O)C2C(=O)[C@]4(O)C(=O)C(C(N)=O)C(=O)C(N(C)C)[C@@H]4C[C@@H]2C3)oc1C. The van der Waals surface area contributed by atoms with Crippen LogP contribution in [0.2, 0.25) is 0 Å². The highest BCUT2D eigenvalue weighted by Gasteiger charge is 2.69. The van der Waals surface area contributed by atoms with Crippen LogP contribution in [0, 0.1) is 37.5 Å². The fourth-order valence-electron chi connectivity index (χ4n) is 7.30. The monoisotopic (exact) mass is 594 g/mol. The second-order valence-electron chi connectivity index (χ2n) is 12.5. The number of likely N-dealkylation sites (N-methyl/N-ethyl adjacent to an activating group) is 1. The van der Waals surface area contributed by atoms with Gasteiger partial charge in [0.2, 0.25) is 5.91 Å². The van der Waals surface area contributed by atoms with E-state index in [2.05, 4.69) is 5.32 Å². The Labute approximate surface area is 249 Å². The number of nitrogens with one attached hydrogen (secondary N) is 1. The first-order chi connectivity index (χ1) is 20.1. The maximum atomic E-state index is 14.1. The number of hydrogen-bond acceptors (Lipinski definition) is 11. The molecule has 0 bridgehead atoms. The molecule has 3 unspecified atom stereocenters. The highest BCUT2D eigenvalue weighted by molar-refractivity contribution is 6.32. The number of phenols is 1. The van der Waals surface area contributed by atoms with E-state index in [1.54, 1.807) is 20.2 Å². The number of aryl methyl sites for hydroxylation is 2. The first-order valence-electron chi connectivity index (χ1n) is 14.3. The van der Waals surface area contributed by atoms with Gasteiger partial charge in [0, 0.05) is 37.8 Å². The van der Waals surface area contributed by atoms with Crippen LogP contribution in [-0.2, 0) is 38.7 Å². The molecule has 0 radical (unpaired) electrons. The van der Waals surface area contributed by atoms with Gasteiger partial charge in [-0.15, -0.1) is 0 Å². The summed E-state index contributed by atoms with van der Waals surface area (Å²) < 4.78 is 5.71. The van der Waals surface area contributed by atoms with E-state index in [0.717, 1.165) is 17.1 Å². The minimum atomic E-state index is -2.75. The molecule has 5 rings (SSSR count). The van der Waals surface area contributed by atoms with Crippen LogP contribution < -0.4 is 16.0 Å². The number of rotatable bonds is 7. The van der Waals surface area contributed by atoms with E-state index < -0.39 is 64.4 Å². The summed E-state index contributed by atoms with van der Waals surface area (Å²) in [5, 5.41) is 26.4. The number of nitrogens with two attached hydrogens (primary N) is 1. The van der Waals surface area contributed by atoms with Crippen molar-refractivity contribution in [1.82, 2.24) is 10.2 Å². The topological polar surface area (TPSA) is 183 Å². The Hall–Kier alpha value is -3.87. The molecular weight excluding hydrogens is 556 g/mol. The van der Waals surface area contributed by atoms with Crippen molar-refractivity contribution in [3.63, 3.8) is 0 Å². The summed E-state index contributed by atoms with van der Waals surface area (Å²) >= 11 is 0. The molecule has 5 N–H and O–H groups in total. The number of carbonyl (C=O) groups excluding carboxylic acids is 5. The molecule has 230 valence electrons. The van der Waals surface area contributed by atoms with Crippen LogP contribution in [0.4, 0.5) is 5.69 Å². The number of carbonyl (C=O) groups is 5. The van der Waals surface area contributed by atoms with Gasteiger partial charge < -0.3 is 30.6 Å². The standard InChI is InChI=1S/C31H38N4O8/c1-13-7-17(43-14(13)2)12-33-11-16-10-20(34(3)4)18-8-15-9-19-24(35(5)6)27(38)23(30(32)41)29(40)31(19,42)28(39)21(15)26(37)22(18)25(16)36/h7,10,15,19,21,23-24,33,36,42H,8-9,11-12H2,1-6H3,(H2,32,41)/t15-,19-,21?,23?,24?,31-/m0/s1. The summed E-state index contributed by atoms with van der Waals surface area (Å²) in [5.41, 5.74) is 5.29. The number of amides is 1. The number of anilines is 1. The zero-order valence-corrected chi connectivity index (χ0v) is 25.2. The average Bonchev–Trinajstić information content (AvgIpc) is 3.23. The van der Waals surface area contributed by atoms with Crippen molar-refractivity contribution in [2.75, 3.05) is 33.1 Å². The minimum absolute atomic E-state index is 0.00279. The highest BCUT2D eigenvalue weighted by Crippen LogP contribution is 2.52. The fourth-order valence-corrected chi connectivity index (χ4v) is 7.30. The molecule has 12 heteroatoms. The summed E-state index contributed by atoms with van der Waals surface area (Å²) in [6.45, 7) is 4.38. The Bertz CT molecular complexity index is 1540. The molecule has 1 amide bonds. The lowest BCUT2D eigenvalue weighted by molar-refractivity contribution is -0.181. The van der Waals surface area contributed by atoms with Crippen LogP contribution in [0.5, 0.6) is 5.75 Å². The van der Waals surface area contributed by atoms with Crippen molar-refractivity contribution >= 4 is 34.7 Å². The predicted molar refractivity (Wildman–Crippen MR) is 154 cm³/mol. The number of primary amides is 1. The molecule has 2 saturated carbocycles. The molecule has 3 aliphatic carbocycles. The third kappa shape index (κ3) is 4.59. The lowest BCUT2D eigenvalue weighted by Gasteiger charge is -2.52. The average molecular weight is 595 g/mol. The summed E-state index contributed by atoms with van der Waals surface area (Å²) in [6, 6.07) is 2.57. The van der Waals surface area contributed by atoms with Crippen LogP contribution in [-0.4, -0.2) is 84.0 Å². The molecule has 1 aromatic heterocycles. The zero-order valence-electron chi connectivity index (χ0n) is 25.2. The van der Waals surface area contributed by atoms with Crippen molar-refractivity contribution in [3.05, 3.63) is 45.9 Å². The molecule has 1 aromatic carbocycles. The highest BCUT2D eigenvalue weighted by atomic mass is 16.3. The number of aliphatic hydroxyl groups is 1. The minimum Gasteiger partial charge on any atom is -0.507 e. The molecule has 0 saturated heterocycles. The van der Waals surface area contributed by atoms with E-state index in [0.29, 0.717) is 23.4 Å². The second-order valence-corrected chi connectivity index (χ2v) is 12.5. The number of phenolic OH excluding ortho intramolecular Hbond substituents is 1. The van der Waals surface area contributed by atoms with E-state index in [-0.39, 0.29) is 30.7 Å². The Morgan fingerprint density at radius 1 is 1.09 bits per heavy atom. The van der Waals surface area contributed by atoms with E-state index in [1.165, 1.54) is 4.90 Å². The van der Waals surface area contributed by atoms with Gasteiger partial charge in [0.25, 0.3) is 0 Å². The Morgan fingerprint density at radius 2 is 1.77 bits per heavy atom. The van der Waals surface area contributed by atoms with Gasteiger partial charge in [-0.1, -0.05) is 0 Å². The van der Waals surface area contributed by atoms with Crippen LogP contribution >= 0.6 is 0 Å². The first kappa shape index (κ1) is 30.6. The Morgan fingerprint density at radius 3 is 2.33 bits per heavy atom. The summed E-state index contributed by atoms with van der Waals surface area (Å²) in [5.74, 6) is -9.08. The van der Waals surface area contributed by atoms with Gasteiger partial charge in [0.1, 0.15) is 17.3 Å². The molecule has 12 nitrogen and oxygen atoms in total. The summed E-state index contributed by atoms with van der Waals surface area (Å²) in [4.78, 5) is 70.4. The van der Waals surface area contributed by atoms with E-state index in [1.807, 2.05) is 38.9 Å². The van der Waals surface area contributed by atoms with Gasteiger partial charge in [-0.25, -0.2) is 0 Å². The number of aromatic hydroxyl groups is 1. The molecule has 1 heterocycles. The van der Waals surface area contributed by atoms with Gasteiger partial charge >= 0.3 is 0 Å². The maximum absolute atomic E-state index is 14.1. The lowest BCUT2D eigenvalue weighted by atomic mass is 9.52. The molecule has 43 heavy (non-hydrogen) atoms. The predicted octanol–water partition coefficient (Wildman–Crippen LogP) is 0.433. The van der Waals surface area contributed by atoms with Crippen molar-refractivity contribution < 1.29 is 38.6 Å². The van der Waals surface area contributed by atoms with Crippen LogP contribution in [0.3, 0.4) is 0 Å². The molecule has 3 aliphatic rings. The number of Topliss-reactive ketones (excluding diaryl/α,β-unsaturated/α-hetero) is 4. The van der Waals surface area contributed by atoms with E-state index in [9.17, 15) is 34.2 Å². The molecular formula is C31H38N4O8. The largest absolute Gasteiger partial charge is 0.507 e. The molecule has 6 atom stereocenters. The number of benzene rings is 1. The normalized spacial score (nSPS) is 28.5. The van der Waals surface area contributed by atoms with Crippen molar-refractivity contribution in [2.24, 2.45) is 29.4 Å². The summed E-state index contributed by atoms with van der Waals surface area (Å²) in [6.07, 6.45) is 0.203. The van der Waals surface area contributed by atoms with Gasteiger partial charge in [-0.05, 0) is 70.0 Å². The first-order valence-corrected chi connectivity index (χ1v) is 14.3. The van der Waals surface area contributed by atoms with Crippen molar-refractivity contribution in [1.29, 1.82) is 0 Å². The van der Waals surface area contributed by atoms with Crippen molar-refractivity contribution in [2.45, 2.75) is 51.4 Å². The quantitative estimate of drug-likeness (QED) is 0.326. The number of ketones is 4.